The molecule has 0 bridgehead atoms. The van der Waals surface area contributed by atoms with Crippen LogP contribution in [0.15, 0.2) is 77.2 Å². The first-order valence-electron chi connectivity index (χ1n) is 8.59. The Hall–Kier alpha value is -3.08. The second-order valence-electron chi connectivity index (χ2n) is 6.04. The minimum absolute atomic E-state index is 0.00232. The van der Waals surface area contributed by atoms with E-state index >= 15 is 0 Å². The molecule has 1 aromatic heterocycles. The van der Waals surface area contributed by atoms with E-state index in [1.165, 1.54) is 61.9 Å². The molecule has 12 heteroatoms. The largest absolute Gasteiger partial charge is 0.480 e. The van der Waals surface area contributed by atoms with Gasteiger partial charge >= 0.3 is 0 Å². The van der Waals surface area contributed by atoms with Crippen LogP contribution < -0.4 is 14.2 Å². The number of pyridine rings is 1. The van der Waals surface area contributed by atoms with Crippen molar-refractivity contribution in [2.75, 3.05) is 11.8 Å². The second-order valence-corrected chi connectivity index (χ2v) is 8.60. The van der Waals surface area contributed by atoms with Crippen molar-refractivity contribution >= 4 is 38.9 Å². The van der Waals surface area contributed by atoms with Crippen molar-refractivity contribution in [1.29, 1.82) is 0 Å². The van der Waals surface area contributed by atoms with Gasteiger partial charge in [0.25, 0.3) is 15.7 Å². The van der Waals surface area contributed by atoms with Crippen molar-refractivity contribution in [3.8, 4) is 11.6 Å². The smallest absolute Gasteiger partial charge is 0.269 e. The van der Waals surface area contributed by atoms with Crippen LogP contribution in [-0.2, 0) is 10.0 Å². The van der Waals surface area contributed by atoms with Gasteiger partial charge in [0.15, 0.2) is 0 Å². The van der Waals surface area contributed by atoms with Crippen LogP contribution in [0.4, 0.5) is 5.69 Å². The van der Waals surface area contributed by atoms with Gasteiger partial charge in [-0.25, -0.2) is 13.4 Å². The summed E-state index contributed by atoms with van der Waals surface area (Å²) in [5.41, 5.74) is 0.00361. The third-order valence-corrected chi connectivity index (χ3v) is 6.01. The number of allylic oxidation sites excluding steroid dienone is 4. The van der Waals surface area contributed by atoms with Crippen LogP contribution in [0.2, 0.25) is 5.02 Å². The van der Waals surface area contributed by atoms with Crippen LogP contribution in [0.25, 0.3) is 0 Å². The standard InChI is InChI=1S/C19H15Cl2N3O6S/c1-29-19-16(3-2-10-22-19)23-31(27,28)13-6-9-18(15(21)11-13)30-17-8-5-12(24(25)26)4-7-14(17)20/h2-11,14,23H,1H3. The molecule has 1 heterocycles. The third kappa shape index (κ3) is 5.35. The van der Waals surface area contributed by atoms with Gasteiger partial charge in [0, 0.05) is 18.3 Å². The van der Waals surface area contributed by atoms with Crippen molar-refractivity contribution < 1.29 is 22.8 Å². The minimum Gasteiger partial charge on any atom is -0.480 e. The number of halogens is 2. The lowest BCUT2D eigenvalue weighted by atomic mass is 10.3. The van der Waals surface area contributed by atoms with E-state index in [2.05, 4.69) is 9.71 Å². The maximum atomic E-state index is 12.7. The summed E-state index contributed by atoms with van der Waals surface area (Å²) in [5, 5.41) is 10.1. The number of hydrogen-bond acceptors (Lipinski definition) is 7. The molecule has 1 N–H and O–H groups in total. The average Bonchev–Trinajstić information content (AvgIpc) is 2.91. The van der Waals surface area contributed by atoms with Crippen LogP contribution in [0.5, 0.6) is 11.6 Å². The molecule has 0 aliphatic heterocycles. The molecule has 0 radical (unpaired) electrons. The highest BCUT2D eigenvalue weighted by Gasteiger charge is 2.21. The number of aromatic nitrogens is 1. The lowest BCUT2D eigenvalue weighted by Gasteiger charge is -2.14. The molecule has 1 unspecified atom stereocenters. The van der Waals surface area contributed by atoms with Crippen molar-refractivity contribution in [2.24, 2.45) is 0 Å². The van der Waals surface area contributed by atoms with Crippen LogP contribution in [0, 0.1) is 10.1 Å². The number of nitrogens with zero attached hydrogens (tertiary/aromatic N) is 2. The van der Waals surface area contributed by atoms with E-state index in [9.17, 15) is 18.5 Å². The molecule has 0 fully saturated rings. The highest BCUT2D eigenvalue weighted by Crippen LogP contribution is 2.32. The Labute approximate surface area is 187 Å². The van der Waals surface area contributed by atoms with E-state index in [1.807, 2.05) is 0 Å². The van der Waals surface area contributed by atoms with Gasteiger partial charge in [0.1, 0.15) is 22.6 Å². The fourth-order valence-corrected chi connectivity index (χ4v) is 4.05. The fourth-order valence-electron chi connectivity index (χ4n) is 2.50. The molecule has 3 rings (SSSR count). The van der Waals surface area contributed by atoms with E-state index in [-0.39, 0.29) is 38.7 Å². The molecule has 31 heavy (non-hydrogen) atoms. The molecule has 0 saturated carbocycles. The first kappa shape index (κ1) is 22.6. The van der Waals surface area contributed by atoms with E-state index in [4.69, 9.17) is 32.7 Å². The molecular weight excluding hydrogens is 469 g/mol. The lowest BCUT2D eigenvalue weighted by Crippen LogP contribution is -2.14. The van der Waals surface area contributed by atoms with Gasteiger partial charge < -0.3 is 9.47 Å². The molecule has 0 saturated heterocycles. The molecule has 9 nitrogen and oxygen atoms in total. The first-order chi connectivity index (χ1) is 14.7. The van der Waals surface area contributed by atoms with Crippen LogP contribution in [-0.4, -0.2) is 30.8 Å². The number of anilines is 1. The van der Waals surface area contributed by atoms with Gasteiger partial charge in [-0.1, -0.05) is 17.7 Å². The summed E-state index contributed by atoms with van der Waals surface area (Å²) in [5.74, 6) is 0.425. The molecule has 1 aliphatic carbocycles. The predicted molar refractivity (Wildman–Crippen MR) is 116 cm³/mol. The molecule has 162 valence electrons. The zero-order valence-electron chi connectivity index (χ0n) is 15.9. The number of nitrogens with one attached hydrogen (secondary N) is 1. The van der Waals surface area contributed by atoms with Gasteiger partial charge in [0.2, 0.25) is 5.88 Å². The molecule has 2 aromatic rings. The van der Waals surface area contributed by atoms with E-state index in [0.29, 0.717) is 0 Å². The summed E-state index contributed by atoms with van der Waals surface area (Å²) >= 11 is 12.4. The van der Waals surface area contributed by atoms with Gasteiger partial charge in [-0.3, -0.25) is 14.8 Å². The summed E-state index contributed by atoms with van der Waals surface area (Å²) in [6, 6.07) is 6.91. The molecular formula is C19H15Cl2N3O6S. The van der Waals surface area contributed by atoms with Crippen molar-refractivity contribution in [2.45, 2.75) is 10.3 Å². The maximum absolute atomic E-state index is 12.7. The number of methoxy groups -OCH3 is 1. The molecule has 0 amide bonds. The first-order valence-corrected chi connectivity index (χ1v) is 10.9. The summed E-state index contributed by atoms with van der Waals surface area (Å²) < 4.78 is 38.5. The van der Waals surface area contributed by atoms with Crippen LogP contribution in [0.1, 0.15) is 0 Å². The van der Waals surface area contributed by atoms with E-state index in [1.54, 1.807) is 6.07 Å². The highest BCUT2D eigenvalue weighted by atomic mass is 35.5. The van der Waals surface area contributed by atoms with Gasteiger partial charge in [-0.2, -0.15) is 0 Å². The Morgan fingerprint density at radius 3 is 2.71 bits per heavy atom. The molecule has 1 aliphatic rings. The number of nitro groups is 1. The zero-order valence-corrected chi connectivity index (χ0v) is 18.2. The maximum Gasteiger partial charge on any atom is 0.269 e. The number of ether oxygens (including phenoxy) is 2. The fraction of sp³-hybridized carbons (Fsp3) is 0.105. The molecule has 1 aromatic carbocycles. The third-order valence-electron chi connectivity index (χ3n) is 3.99. The predicted octanol–water partition coefficient (Wildman–Crippen LogP) is 4.14. The summed E-state index contributed by atoms with van der Waals surface area (Å²) in [6.07, 6.45) is 6.72. The average molecular weight is 484 g/mol. The van der Waals surface area contributed by atoms with E-state index in [0.717, 1.165) is 0 Å². The summed E-state index contributed by atoms with van der Waals surface area (Å²) in [4.78, 5) is 14.2. The van der Waals surface area contributed by atoms with Crippen LogP contribution >= 0.6 is 23.2 Å². The number of benzene rings is 1. The highest BCUT2D eigenvalue weighted by molar-refractivity contribution is 7.92. The number of rotatable bonds is 7. The van der Waals surface area contributed by atoms with Gasteiger partial charge in [-0.05, 0) is 36.4 Å². The van der Waals surface area contributed by atoms with Gasteiger partial charge in [-0.15, -0.1) is 11.6 Å². The molecule has 0 spiro atoms. The quantitative estimate of drug-likeness (QED) is 0.356. The van der Waals surface area contributed by atoms with Crippen molar-refractivity contribution in [3.05, 3.63) is 87.4 Å². The summed E-state index contributed by atoms with van der Waals surface area (Å²) in [7, 11) is -2.63. The number of sulfonamides is 1. The Balaban J connectivity index is 1.84. The van der Waals surface area contributed by atoms with Crippen molar-refractivity contribution in [3.63, 3.8) is 0 Å². The van der Waals surface area contributed by atoms with Gasteiger partial charge in [0.05, 0.1) is 22.0 Å². The lowest BCUT2D eigenvalue weighted by molar-refractivity contribution is -0.419. The summed E-state index contributed by atoms with van der Waals surface area (Å²) in [6.45, 7) is 0. The monoisotopic (exact) mass is 483 g/mol. The normalized spacial score (nSPS) is 16.0. The SMILES string of the molecule is COc1ncccc1NS(=O)(=O)c1ccc(OC2=CC=C([N+](=O)[O-])C=CC2Cl)c(Cl)c1. The topological polar surface area (TPSA) is 121 Å². The number of hydrogen-bond donors (Lipinski definition) is 1. The minimum atomic E-state index is -4.00. The second kappa shape index (κ2) is 9.38. The van der Waals surface area contributed by atoms with Crippen molar-refractivity contribution in [1.82, 2.24) is 4.98 Å². The Morgan fingerprint density at radius 1 is 1.26 bits per heavy atom. The van der Waals surface area contributed by atoms with Crippen LogP contribution in [0.3, 0.4) is 0 Å². The Kier molecular flexibility index (Phi) is 6.84. The number of alkyl halides is 1. The Bertz CT molecular complexity index is 1210. The molecule has 1 atom stereocenters. The van der Waals surface area contributed by atoms with E-state index < -0.39 is 20.3 Å². The zero-order chi connectivity index (χ0) is 22.6. The Morgan fingerprint density at radius 2 is 2.03 bits per heavy atom.